The predicted molar refractivity (Wildman–Crippen MR) is 190 cm³/mol. The largest absolute Gasteiger partial charge is 0.462 e. The average Bonchev–Trinajstić information content (AvgIpc) is 3.01. The summed E-state index contributed by atoms with van der Waals surface area (Å²) in [7, 11) is 0. The van der Waals surface area contributed by atoms with Gasteiger partial charge in [-0.25, -0.2) is 0 Å². The zero-order chi connectivity index (χ0) is 32.2. The van der Waals surface area contributed by atoms with Crippen molar-refractivity contribution in [1.82, 2.24) is 0 Å². The number of ether oxygens (including phenoxy) is 2. The Bertz CT molecular complexity index is 590. The van der Waals surface area contributed by atoms with Crippen LogP contribution in [0.25, 0.3) is 0 Å². The van der Waals surface area contributed by atoms with Gasteiger partial charge in [0.25, 0.3) is 0 Å². The first-order valence-electron chi connectivity index (χ1n) is 19.9. The zero-order valence-electron chi connectivity index (χ0n) is 30.3. The van der Waals surface area contributed by atoms with E-state index in [0.29, 0.717) is 12.8 Å². The van der Waals surface area contributed by atoms with Crippen LogP contribution in [-0.2, 0) is 19.1 Å². The van der Waals surface area contributed by atoms with Gasteiger partial charge in [-0.15, -0.1) is 0 Å². The van der Waals surface area contributed by atoms with Crippen molar-refractivity contribution in [2.45, 2.75) is 239 Å². The van der Waals surface area contributed by atoms with Crippen LogP contribution in [0.3, 0.4) is 0 Å². The van der Waals surface area contributed by atoms with E-state index in [9.17, 15) is 9.59 Å². The molecule has 0 saturated heterocycles. The summed E-state index contributed by atoms with van der Waals surface area (Å²) in [5, 5.41) is 0. The second-order valence-corrected chi connectivity index (χ2v) is 13.7. The van der Waals surface area contributed by atoms with Gasteiger partial charge in [0.1, 0.15) is 12.7 Å². The molecule has 0 radical (unpaired) electrons. The van der Waals surface area contributed by atoms with Gasteiger partial charge >= 0.3 is 11.9 Å². The topological polar surface area (TPSA) is 52.6 Å². The van der Waals surface area contributed by atoms with Gasteiger partial charge in [-0.3, -0.25) is 9.59 Å². The van der Waals surface area contributed by atoms with Crippen molar-refractivity contribution in [3.8, 4) is 0 Å². The Hall–Kier alpha value is -1.06. The van der Waals surface area contributed by atoms with Crippen LogP contribution in [0.5, 0.6) is 0 Å². The van der Waals surface area contributed by atoms with Gasteiger partial charge in [-0.2, -0.15) is 0 Å². The average molecular weight is 623 g/mol. The number of rotatable bonds is 36. The second kappa shape index (κ2) is 36.4. The molecule has 0 aromatic carbocycles. The molecule has 0 saturated carbocycles. The van der Waals surface area contributed by atoms with E-state index in [-0.39, 0.29) is 24.6 Å². The van der Waals surface area contributed by atoms with Gasteiger partial charge in [0.15, 0.2) is 0 Å². The molecule has 0 rings (SSSR count). The van der Waals surface area contributed by atoms with E-state index in [2.05, 4.69) is 13.8 Å². The van der Waals surface area contributed by atoms with Crippen LogP contribution >= 0.6 is 0 Å². The summed E-state index contributed by atoms with van der Waals surface area (Å²) in [6.07, 6.45) is 41.5. The smallest absolute Gasteiger partial charge is 0.306 e. The van der Waals surface area contributed by atoms with E-state index in [1.54, 1.807) is 0 Å². The Balaban J connectivity index is 3.38. The first-order chi connectivity index (χ1) is 21.6. The summed E-state index contributed by atoms with van der Waals surface area (Å²) in [6, 6.07) is 0. The molecule has 0 amide bonds. The van der Waals surface area contributed by atoms with Gasteiger partial charge in [0, 0.05) is 12.8 Å². The van der Waals surface area contributed by atoms with Crippen molar-refractivity contribution in [1.29, 1.82) is 0 Å². The summed E-state index contributed by atoms with van der Waals surface area (Å²) in [6.45, 7) is 6.54. The summed E-state index contributed by atoms with van der Waals surface area (Å²) < 4.78 is 10.8. The molecule has 0 aliphatic carbocycles. The summed E-state index contributed by atoms with van der Waals surface area (Å²) in [4.78, 5) is 24.2. The maximum atomic E-state index is 12.1. The fourth-order valence-corrected chi connectivity index (χ4v) is 6.06. The number of carbonyl (C=O) groups excluding carboxylic acids is 2. The van der Waals surface area contributed by atoms with E-state index in [0.717, 1.165) is 25.7 Å². The molecular formula is C40H78O4. The van der Waals surface area contributed by atoms with Gasteiger partial charge in [0.05, 0.1) is 0 Å². The molecule has 0 fully saturated rings. The molecule has 4 nitrogen and oxygen atoms in total. The quantitative estimate of drug-likeness (QED) is 0.0515. The molecule has 1 unspecified atom stereocenters. The first-order valence-corrected chi connectivity index (χ1v) is 19.9. The third-order valence-corrected chi connectivity index (χ3v) is 9.03. The minimum absolute atomic E-state index is 0.166. The van der Waals surface area contributed by atoms with Crippen molar-refractivity contribution < 1.29 is 19.1 Å². The molecule has 0 bridgehead atoms. The lowest BCUT2D eigenvalue weighted by atomic mass is 10.0. The minimum atomic E-state index is -0.367. The highest BCUT2D eigenvalue weighted by Crippen LogP contribution is 2.16. The number of hydrogen-bond donors (Lipinski definition) is 0. The Labute approximate surface area is 276 Å². The molecule has 0 aromatic rings. The minimum Gasteiger partial charge on any atom is -0.462 e. The number of hydrogen-bond acceptors (Lipinski definition) is 4. The fourth-order valence-electron chi connectivity index (χ4n) is 6.06. The normalized spacial score (nSPS) is 12.0. The Morgan fingerprint density at radius 3 is 0.932 bits per heavy atom. The monoisotopic (exact) mass is 623 g/mol. The molecule has 0 spiro atoms. The predicted octanol–water partition coefficient (Wildman–Crippen LogP) is 13.4. The van der Waals surface area contributed by atoms with E-state index in [1.807, 2.05) is 6.92 Å². The Morgan fingerprint density at radius 2 is 0.636 bits per heavy atom. The summed E-state index contributed by atoms with van der Waals surface area (Å²) in [5.41, 5.74) is 0. The molecule has 0 aromatic heterocycles. The molecule has 0 N–H and O–H groups in total. The molecule has 4 heteroatoms. The van der Waals surface area contributed by atoms with Crippen molar-refractivity contribution in [3.05, 3.63) is 0 Å². The van der Waals surface area contributed by atoms with E-state index in [1.165, 1.54) is 173 Å². The van der Waals surface area contributed by atoms with Crippen LogP contribution in [0.4, 0.5) is 0 Å². The second-order valence-electron chi connectivity index (χ2n) is 13.7. The standard InChI is InChI=1S/C40H78O4/c1-4-6-8-10-12-14-16-18-20-22-23-25-27-29-31-33-35-39(41)43-37-38(3)44-40(42)36-34-32-30-28-26-24-21-19-17-15-13-11-9-7-5-2/h38H,4-37H2,1-3H3. The molecular weight excluding hydrogens is 544 g/mol. The maximum absolute atomic E-state index is 12.1. The zero-order valence-corrected chi connectivity index (χ0v) is 30.3. The van der Waals surface area contributed by atoms with Crippen LogP contribution < -0.4 is 0 Å². The van der Waals surface area contributed by atoms with Crippen LogP contribution in [-0.4, -0.2) is 24.6 Å². The van der Waals surface area contributed by atoms with E-state index in [4.69, 9.17) is 9.47 Å². The lowest BCUT2D eigenvalue weighted by Gasteiger charge is -2.13. The SMILES string of the molecule is CCCCCCCCCCCCCCCCCCC(=O)OCC(C)OC(=O)CCCCCCCCCCCCCCCCC. The third-order valence-electron chi connectivity index (χ3n) is 9.03. The maximum Gasteiger partial charge on any atom is 0.306 e. The van der Waals surface area contributed by atoms with E-state index < -0.39 is 0 Å². The molecule has 44 heavy (non-hydrogen) atoms. The third kappa shape index (κ3) is 35.4. The van der Waals surface area contributed by atoms with Crippen LogP contribution in [0, 0.1) is 0 Å². The molecule has 1 atom stereocenters. The first kappa shape index (κ1) is 42.9. The van der Waals surface area contributed by atoms with Crippen molar-refractivity contribution >= 4 is 11.9 Å². The number of carbonyl (C=O) groups is 2. The van der Waals surface area contributed by atoms with Crippen LogP contribution in [0.15, 0.2) is 0 Å². The number of esters is 2. The van der Waals surface area contributed by atoms with Gasteiger partial charge < -0.3 is 9.47 Å². The Kier molecular flexibility index (Phi) is 35.5. The van der Waals surface area contributed by atoms with Crippen molar-refractivity contribution in [2.75, 3.05) is 6.61 Å². The number of unbranched alkanes of at least 4 members (excludes halogenated alkanes) is 29. The summed E-state index contributed by atoms with van der Waals surface area (Å²) >= 11 is 0. The van der Waals surface area contributed by atoms with Gasteiger partial charge in [0.2, 0.25) is 0 Å². The Morgan fingerprint density at radius 1 is 0.386 bits per heavy atom. The molecule has 0 aliphatic rings. The lowest BCUT2D eigenvalue weighted by molar-refractivity contribution is -0.158. The molecule has 0 heterocycles. The summed E-state index contributed by atoms with van der Waals surface area (Å²) in [5.74, 6) is -0.332. The highest BCUT2D eigenvalue weighted by molar-refractivity contribution is 5.70. The van der Waals surface area contributed by atoms with Crippen LogP contribution in [0.1, 0.15) is 233 Å². The van der Waals surface area contributed by atoms with Gasteiger partial charge in [-0.1, -0.05) is 200 Å². The van der Waals surface area contributed by atoms with E-state index >= 15 is 0 Å². The van der Waals surface area contributed by atoms with Crippen molar-refractivity contribution in [2.24, 2.45) is 0 Å². The van der Waals surface area contributed by atoms with Crippen molar-refractivity contribution in [3.63, 3.8) is 0 Å². The van der Waals surface area contributed by atoms with Crippen LogP contribution in [0.2, 0.25) is 0 Å². The fraction of sp³-hybridized carbons (Fsp3) is 0.950. The van der Waals surface area contributed by atoms with Gasteiger partial charge in [-0.05, 0) is 19.8 Å². The molecule has 0 aliphatic heterocycles. The highest BCUT2D eigenvalue weighted by atomic mass is 16.6. The lowest BCUT2D eigenvalue weighted by Crippen LogP contribution is -2.22. The highest BCUT2D eigenvalue weighted by Gasteiger charge is 2.12. The molecule has 262 valence electrons.